The van der Waals surface area contributed by atoms with Crippen LogP contribution < -0.4 is 0 Å². The van der Waals surface area contributed by atoms with Gasteiger partial charge in [0.1, 0.15) is 5.78 Å². The summed E-state index contributed by atoms with van der Waals surface area (Å²) < 4.78 is 0. The molecule has 2 rings (SSSR count). The molecular formula is C14H22O4. The lowest BCUT2D eigenvalue weighted by Crippen LogP contribution is -2.47. The van der Waals surface area contributed by atoms with Crippen molar-refractivity contribution in [3.63, 3.8) is 0 Å². The summed E-state index contributed by atoms with van der Waals surface area (Å²) in [6, 6.07) is 0. The van der Waals surface area contributed by atoms with E-state index in [2.05, 4.69) is 0 Å². The molecule has 18 heavy (non-hydrogen) atoms. The van der Waals surface area contributed by atoms with E-state index < -0.39 is 11.4 Å². The first-order chi connectivity index (χ1) is 8.34. The molecule has 4 atom stereocenters. The van der Waals surface area contributed by atoms with Crippen molar-refractivity contribution in [2.24, 2.45) is 23.2 Å². The molecule has 0 amide bonds. The molecule has 0 aromatic heterocycles. The lowest BCUT2D eigenvalue weighted by Gasteiger charge is -2.43. The van der Waals surface area contributed by atoms with Gasteiger partial charge in [-0.15, -0.1) is 0 Å². The predicted molar refractivity (Wildman–Crippen MR) is 66.0 cm³/mol. The second kappa shape index (κ2) is 4.65. The van der Waals surface area contributed by atoms with E-state index >= 15 is 0 Å². The minimum absolute atomic E-state index is 0.0224. The highest BCUT2D eigenvalue weighted by molar-refractivity contribution is 5.90. The number of carbonyl (C=O) groups excluding carboxylic acids is 1. The molecule has 0 spiro atoms. The molecule has 4 nitrogen and oxygen atoms in total. The van der Waals surface area contributed by atoms with Gasteiger partial charge in [-0.1, -0.05) is 0 Å². The molecule has 2 aliphatic rings. The Morgan fingerprint density at radius 1 is 1.22 bits per heavy atom. The number of ketones is 1. The average Bonchev–Trinajstić information content (AvgIpc) is 2.28. The van der Waals surface area contributed by atoms with Crippen LogP contribution in [0.15, 0.2) is 0 Å². The molecule has 2 aliphatic carbocycles. The predicted octanol–water partition coefficient (Wildman–Crippen LogP) is 1.85. The maximum absolute atomic E-state index is 12.5. The van der Waals surface area contributed by atoms with Crippen LogP contribution in [0.1, 0.15) is 46.0 Å². The second-order valence-electron chi connectivity index (χ2n) is 6.39. The van der Waals surface area contributed by atoms with Gasteiger partial charge in [-0.3, -0.25) is 9.59 Å². The van der Waals surface area contributed by atoms with E-state index in [4.69, 9.17) is 0 Å². The van der Waals surface area contributed by atoms with Crippen LogP contribution in [-0.2, 0) is 9.59 Å². The van der Waals surface area contributed by atoms with E-state index in [-0.39, 0.29) is 29.6 Å². The molecular weight excluding hydrogens is 232 g/mol. The highest BCUT2D eigenvalue weighted by Crippen LogP contribution is 2.45. The maximum Gasteiger partial charge on any atom is 0.309 e. The van der Waals surface area contributed by atoms with Crippen molar-refractivity contribution in [1.29, 1.82) is 0 Å². The standard InChI is InChI=1S/C14H22O4/c1-14(2,13(17)18)11-6-3-8-7-9(15)4-5-10(8)12(11)16/h8-11,15H,3-7H2,1-2H3,(H,17,18). The summed E-state index contributed by atoms with van der Waals surface area (Å²) in [4.78, 5) is 23.8. The molecule has 2 N–H and O–H groups in total. The molecule has 2 saturated carbocycles. The first-order valence-corrected chi connectivity index (χ1v) is 6.79. The third kappa shape index (κ3) is 2.18. The van der Waals surface area contributed by atoms with Crippen LogP contribution in [-0.4, -0.2) is 28.1 Å². The fourth-order valence-corrected chi connectivity index (χ4v) is 3.58. The summed E-state index contributed by atoms with van der Waals surface area (Å²) in [5, 5.41) is 18.9. The maximum atomic E-state index is 12.5. The first-order valence-electron chi connectivity index (χ1n) is 6.79. The normalized spacial score (nSPS) is 37.2. The number of rotatable bonds is 2. The Kier molecular flexibility index (Phi) is 3.49. The van der Waals surface area contributed by atoms with Gasteiger partial charge in [-0.05, 0) is 51.9 Å². The summed E-state index contributed by atoms with van der Waals surface area (Å²) in [5.74, 6) is -0.903. The quantitative estimate of drug-likeness (QED) is 0.788. The molecule has 0 aliphatic heterocycles. The van der Waals surface area contributed by atoms with E-state index in [1.54, 1.807) is 13.8 Å². The second-order valence-corrected chi connectivity index (χ2v) is 6.39. The Bertz CT molecular complexity index is 361. The third-order valence-corrected chi connectivity index (χ3v) is 4.91. The highest BCUT2D eigenvalue weighted by atomic mass is 16.4. The van der Waals surface area contributed by atoms with Crippen LogP contribution in [0.3, 0.4) is 0 Å². The van der Waals surface area contributed by atoms with Gasteiger partial charge in [0.15, 0.2) is 0 Å². The van der Waals surface area contributed by atoms with Crippen LogP contribution >= 0.6 is 0 Å². The summed E-state index contributed by atoms with van der Waals surface area (Å²) in [5.41, 5.74) is -0.974. The van der Waals surface area contributed by atoms with Crippen LogP contribution in [0, 0.1) is 23.2 Å². The van der Waals surface area contributed by atoms with Gasteiger partial charge in [0.05, 0.1) is 11.5 Å². The molecule has 4 heteroatoms. The van der Waals surface area contributed by atoms with Crippen molar-refractivity contribution in [3.05, 3.63) is 0 Å². The van der Waals surface area contributed by atoms with Crippen molar-refractivity contribution < 1.29 is 19.8 Å². The zero-order chi connectivity index (χ0) is 13.5. The molecule has 102 valence electrons. The van der Waals surface area contributed by atoms with Crippen molar-refractivity contribution >= 4 is 11.8 Å². The van der Waals surface area contributed by atoms with Gasteiger partial charge in [0.2, 0.25) is 0 Å². The van der Waals surface area contributed by atoms with Crippen LogP contribution in [0.4, 0.5) is 0 Å². The zero-order valence-electron chi connectivity index (χ0n) is 11.1. The molecule has 4 unspecified atom stereocenters. The number of carboxylic acids is 1. The summed E-state index contributed by atoms with van der Waals surface area (Å²) in [7, 11) is 0. The largest absolute Gasteiger partial charge is 0.481 e. The lowest BCUT2D eigenvalue weighted by molar-refractivity contribution is -0.158. The Morgan fingerprint density at radius 3 is 2.50 bits per heavy atom. The summed E-state index contributed by atoms with van der Waals surface area (Å²) in [6.07, 6.45) is 3.34. The van der Waals surface area contributed by atoms with E-state index in [1.165, 1.54) is 0 Å². The van der Waals surface area contributed by atoms with Gasteiger partial charge >= 0.3 is 5.97 Å². The number of carbonyl (C=O) groups is 2. The van der Waals surface area contributed by atoms with E-state index in [1.807, 2.05) is 0 Å². The van der Waals surface area contributed by atoms with Crippen molar-refractivity contribution in [1.82, 2.24) is 0 Å². The van der Waals surface area contributed by atoms with E-state index in [9.17, 15) is 19.8 Å². The summed E-state index contributed by atoms with van der Waals surface area (Å²) in [6.45, 7) is 3.30. The number of fused-ring (bicyclic) bond motifs is 1. The first kappa shape index (κ1) is 13.5. The highest BCUT2D eigenvalue weighted by Gasteiger charge is 2.49. The molecule has 0 aromatic rings. The smallest absolute Gasteiger partial charge is 0.309 e. The number of hydrogen-bond acceptors (Lipinski definition) is 3. The topological polar surface area (TPSA) is 74.6 Å². The van der Waals surface area contributed by atoms with Gasteiger partial charge in [0.25, 0.3) is 0 Å². The van der Waals surface area contributed by atoms with Gasteiger partial charge in [-0.2, -0.15) is 0 Å². The van der Waals surface area contributed by atoms with Crippen LogP contribution in [0.2, 0.25) is 0 Å². The fourth-order valence-electron chi connectivity index (χ4n) is 3.58. The molecule has 0 bridgehead atoms. The number of carboxylic acid groups (broad SMARTS) is 1. The SMILES string of the molecule is CC(C)(C(=O)O)C1CCC2CC(O)CCC2C1=O. The average molecular weight is 254 g/mol. The molecule has 0 saturated heterocycles. The van der Waals surface area contributed by atoms with Crippen molar-refractivity contribution in [2.75, 3.05) is 0 Å². The van der Waals surface area contributed by atoms with Crippen LogP contribution in [0.5, 0.6) is 0 Å². The number of aliphatic carboxylic acids is 1. The van der Waals surface area contributed by atoms with Crippen molar-refractivity contribution in [3.8, 4) is 0 Å². The Labute approximate surface area is 107 Å². The Hall–Kier alpha value is -0.900. The molecule has 2 fully saturated rings. The minimum Gasteiger partial charge on any atom is -0.481 e. The number of Topliss-reactive ketones (excluding diaryl/α,β-unsaturated/α-hetero) is 1. The Morgan fingerprint density at radius 2 is 1.89 bits per heavy atom. The summed E-state index contributed by atoms with van der Waals surface area (Å²) >= 11 is 0. The van der Waals surface area contributed by atoms with Gasteiger partial charge in [0, 0.05) is 11.8 Å². The lowest BCUT2D eigenvalue weighted by atomic mass is 9.60. The fraction of sp³-hybridized carbons (Fsp3) is 0.857. The zero-order valence-corrected chi connectivity index (χ0v) is 11.1. The molecule has 0 radical (unpaired) electrons. The van der Waals surface area contributed by atoms with Gasteiger partial charge in [-0.25, -0.2) is 0 Å². The minimum atomic E-state index is -0.974. The van der Waals surface area contributed by atoms with Crippen molar-refractivity contribution in [2.45, 2.75) is 52.1 Å². The number of hydrogen-bond donors (Lipinski definition) is 2. The van der Waals surface area contributed by atoms with E-state index in [0.29, 0.717) is 19.3 Å². The monoisotopic (exact) mass is 254 g/mol. The molecule has 0 heterocycles. The van der Waals surface area contributed by atoms with Gasteiger partial charge < -0.3 is 10.2 Å². The van der Waals surface area contributed by atoms with E-state index in [0.717, 1.165) is 12.8 Å². The Balaban J connectivity index is 2.15. The van der Waals surface area contributed by atoms with Crippen LogP contribution in [0.25, 0.3) is 0 Å². The third-order valence-electron chi connectivity index (χ3n) is 4.91. The number of aliphatic hydroxyl groups is 1. The number of aliphatic hydroxyl groups excluding tert-OH is 1. The molecule has 0 aromatic carbocycles.